The highest BCUT2D eigenvalue weighted by molar-refractivity contribution is 9.10. The number of imidazole rings is 1. The van der Waals surface area contributed by atoms with Gasteiger partial charge in [-0.2, -0.15) is 0 Å². The molecule has 0 saturated carbocycles. The molecule has 0 fully saturated rings. The van der Waals surface area contributed by atoms with E-state index in [1.165, 1.54) is 4.57 Å². The number of rotatable bonds is 6. The van der Waals surface area contributed by atoms with Gasteiger partial charge in [0.15, 0.2) is 0 Å². The predicted molar refractivity (Wildman–Crippen MR) is 99.8 cm³/mol. The van der Waals surface area contributed by atoms with Crippen LogP contribution in [0.2, 0.25) is 0 Å². The zero-order chi connectivity index (χ0) is 18.7. The minimum Gasteiger partial charge on any atom is -0.481 e. The summed E-state index contributed by atoms with van der Waals surface area (Å²) < 4.78 is 2.18. The molecule has 0 aliphatic heterocycles. The molecule has 3 rings (SSSR count). The van der Waals surface area contributed by atoms with Gasteiger partial charge in [0.1, 0.15) is 6.54 Å². The average Bonchev–Trinajstić information content (AvgIpc) is 2.90. The summed E-state index contributed by atoms with van der Waals surface area (Å²) in [4.78, 5) is 38.4. The summed E-state index contributed by atoms with van der Waals surface area (Å²) in [7, 11) is 0. The van der Waals surface area contributed by atoms with E-state index in [0.29, 0.717) is 16.6 Å². The van der Waals surface area contributed by atoms with Crippen LogP contribution in [0.25, 0.3) is 11.0 Å². The topological polar surface area (TPSA) is 104 Å². The van der Waals surface area contributed by atoms with Crippen molar-refractivity contribution in [3.8, 4) is 0 Å². The van der Waals surface area contributed by atoms with E-state index < -0.39 is 17.9 Å². The van der Waals surface area contributed by atoms with Crippen LogP contribution in [-0.2, 0) is 16.1 Å². The van der Waals surface area contributed by atoms with Crippen LogP contribution in [0.15, 0.2) is 57.8 Å². The lowest BCUT2D eigenvalue weighted by Crippen LogP contribution is -2.35. The lowest BCUT2D eigenvalue weighted by Gasteiger charge is -2.18. The lowest BCUT2D eigenvalue weighted by molar-refractivity contribution is -0.137. The number of fused-ring (bicyclic) bond motifs is 1. The van der Waals surface area contributed by atoms with Crippen LogP contribution in [0, 0.1) is 0 Å². The van der Waals surface area contributed by atoms with E-state index >= 15 is 0 Å². The number of carbonyl (C=O) groups excluding carboxylic acids is 1. The summed E-state index contributed by atoms with van der Waals surface area (Å²) in [6.07, 6.45) is -0.254. The number of aromatic amines is 1. The standard InChI is InChI=1S/C18H16BrN3O4/c19-12-7-5-11(6-8-12)14(9-17(24)25)20-16(23)10-22-15-4-2-1-3-13(15)21-18(22)26/h1-8,14H,9-10H2,(H,20,23)(H,21,26)(H,24,25). The van der Waals surface area contributed by atoms with Crippen LogP contribution in [0.1, 0.15) is 18.0 Å². The molecule has 0 aliphatic rings. The van der Waals surface area contributed by atoms with Crippen LogP contribution in [0.3, 0.4) is 0 Å². The molecule has 0 radical (unpaired) electrons. The van der Waals surface area contributed by atoms with Gasteiger partial charge in [-0.05, 0) is 29.8 Å². The Morgan fingerprint density at radius 1 is 1.15 bits per heavy atom. The first-order chi connectivity index (χ1) is 12.4. The Morgan fingerprint density at radius 2 is 1.85 bits per heavy atom. The molecule has 0 bridgehead atoms. The van der Waals surface area contributed by atoms with Crippen molar-refractivity contribution in [2.75, 3.05) is 0 Å². The number of H-pyrrole nitrogens is 1. The van der Waals surface area contributed by atoms with Crippen LogP contribution < -0.4 is 11.0 Å². The number of carboxylic acid groups (broad SMARTS) is 1. The van der Waals surface area contributed by atoms with Crippen molar-refractivity contribution in [3.63, 3.8) is 0 Å². The fourth-order valence-electron chi connectivity index (χ4n) is 2.77. The monoisotopic (exact) mass is 417 g/mol. The van der Waals surface area contributed by atoms with Crippen molar-refractivity contribution in [2.45, 2.75) is 19.0 Å². The summed E-state index contributed by atoms with van der Waals surface area (Å²) in [6.45, 7) is -0.199. The summed E-state index contributed by atoms with van der Waals surface area (Å²) in [5.74, 6) is -1.46. The van der Waals surface area contributed by atoms with Crippen molar-refractivity contribution >= 4 is 38.8 Å². The number of nitrogens with one attached hydrogen (secondary N) is 2. The number of para-hydroxylation sites is 2. The van der Waals surface area contributed by atoms with Gasteiger partial charge in [0.2, 0.25) is 5.91 Å². The van der Waals surface area contributed by atoms with Gasteiger partial charge in [-0.25, -0.2) is 4.79 Å². The minimum atomic E-state index is -1.03. The molecule has 1 aromatic heterocycles. The van der Waals surface area contributed by atoms with E-state index in [-0.39, 0.29) is 18.7 Å². The number of carboxylic acids is 1. The molecule has 1 amide bonds. The number of aliphatic carboxylic acids is 1. The van der Waals surface area contributed by atoms with Gasteiger partial charge in [0.25, 0.3) is 0 Å². The fraction of sp³-hybridized carbons (Fsp3) is 0.167. The van der Waals surface area contributed by atoms with Gasteiger partial charge in [0.05, 0.1) is 23.5 Å². The predicted octanol–water partition coefficient (Wildman–Crippen LogP) is 2.42. The zero-order valence-electron chi connectivity index (χ0n) is 13.6. The Morgan fingerprint density at radius 3 is 2.54 bits per heavy atom. The highest BCUT2D eigenvalue weighted by atomic mass is 79.9. The molecule has 3 N–H and O–H groups in total. The smallest absolute Gasteiger partial charge is 0.326 e. The molecule has 2 aromatic carbocycles. The molecule has 3 aromatic rings. The quantitative estimate of drug-likeness (QED) is 0.572. The molecule has 0 aliphatic carbocycles. The molecule has 1 atom stereocenters. The van der Waals surface area contributed by atoms with Crippen LogP contribution in [0.5, 0.6) is 0 Å². The summed E-state index contributed by atoms with van der Waals surface area (Å²) in [5, 5.41) is 11.8. The first kappa shape index (κ1) is 17.9. The summed E-state index contributed by atoms with van der Waals surface area (Å²) >= 11 is 3.32. The van der Waals surface area contributed by atoms with Crippen LogP contribution in [0.4, 0.5) is 0 Å². The van der Waals surface area contributed by atoms with Gasteiger partial charge in [0, 0.05) is 4.47 Å². The third kappa shape index (κ3) is 4.02. The first-order valence-electron chi connectivity index (χ1n) is 7.88. The third-order valence-corrected chi connectivity index (χ3v) is 4.50. The van der Waals surface area contributed by atoms with E-state index in [0.717, 1.165) is 4.47 Å². The molecule has 134 valence electrons. The van der Waals surface area contributed by atoms with Crippen LogP contribution >= 0.6 is 15.9 Å². The van der Waals surface area contributed by atoms with Crippen LogP contribution in [-0.4, -0.2) is 26.5 Å². The normalized spacial score (nSPS) is 12.0. The molecule has 1 heterocycles. The van der Waals surface area contributed by atoms with E-state index in [1.54, 1.807) is 48.5 Å². The molecule has 26 heavy (non-hydrogen) atoms. The van der Waals surface area contributed by atoms with E-state index in [2.05, 4.69) is 26.2 Å². The Labute approximate surface area is 156 Å². The van der Waals surface area contributed by atoms with Crippen molar-refractivity contribution < 1.29 is 14.7 Å². The number of hydrogen-bond donors (Lipinski definition) is 3. The molecule has 1 unspecified atom stereocenters. The van der Waals surface area contributed by atoms with E-state index in [9.17, 15) is 14.4 Å². The maximum absolute atomic E-state index is 12.5. The number of aromatic nitrogens is 2. The zero-order valence-corrected chi connectivity index (χ0v) is 15.2. The number of hydrogen-bond acceptors (Lipinski definition) is 3. The second-order valence-corrected chi connectivity index (χ2v) is 6.72. The second kappa shape index (κ2) is 7.57. The summed E-state index contributed by atoms with van der Waals surface area (Å²) in [5.41, 5.74) is 1.54. The fourth-order valence-corrected chi connectivity index (χ4v) is 3.03. The maximum Gasteiger partial charge on any atom is 0.326 e. The molecule has 0 spiro atoms. The van der Waals surface area contributed by atoms with Gasteiger partial charge < -0.3 is 15.4 Å². The highest BCUT2D eigenvalue weighted by Crippen LogP contribution is 2.20. The van der Waals surface area contributed by atoms with Gasteiger partial charge in [-0.3, -0.25) is 14.2 Å². The average molecular weight is 418 g/mol. The number of carbonyl (C=O) groups is 2. The molecule has 7 nitrogen and oxygen atoms in total. The SMILES string of the molecule is O=C(O)CC(NC(=O)Cn1c(=O)[nH]c2ccccc21)c1ccc(Br)cc1. The first-order valence-corrected chi connectivity index (χ1v) is 8.67. The number of amides is 1. The lowest BCUT2D eigenvalue weighted by atomic mass is 10.0. The van der Waals surface area contributed by atoms with E-state index in [4.69, 9.17) is 5.11 Å². The Bertz CT molecular complexity index is 1010. The second-order valence-electron chi connectivity index (χ2n) is 5.80. The van der Waals surface area contributed by atoms with Gasteiger partial charge in [-0.15, -0.1) is 0 Å². The number of benzene rings is 2. The molecular weight excluding hydrogens is 402 g/mol. The number of nitrogens with zero attached hydrogens (tertiary/aromatic N) is 1. The third-order valence-electron chi connectivity index (χ3n) is 3.97. The van der Waals surface area contributed by atoms with Gasteiger partial charge >= 0.3 is 11.7 Å². The van der Waals surface area contributed by atoms with Crippen molar-refractivity contribution in [1.82, 2.24) is 14.9 Å². The molecule has 8 heteroatoms. The Balaban J connectivity index is 1.81. The van der Waals surface area contributed by atoms with E-state index in [1.807, 2.05) is 0 Å². The highest BCUT2D eigenvalue weighted by Gasteiger charge is 2.19. The molecule has 0 saturated heterocycles. The van der Waals surface area contributed by atoms with Crippen molar-refractivity contribution in [1.29, 1.82) is 0 Å². The molecular formula is C18H16BrN3O4. The Hall–Kier alpha value is -2.87. The summed E-state index contributed by atoms with van der Waals surface area (Å²) in [6, 6.07) is 13.4. The maximum atomic E-state index is 12.5. The van der Waals surface area contributed by atoms with Crippen molar-refractivity contribution in [2.24, 2.45) is 0 Å². The minimum absolute atomic E-state index is 0.199. The Kier molecular flexibility index (Phi) is 5.22. The largest absolute Gasteiger partial charge is 0.481 e. The van der Waals surface area contributed by atoms with Gasteiger partial charge in [-0.1, -0.05) is 40.2 Å². The number of halogens is 1. The van der Waals surface area contributed by atoms with Crippen molar-refractivity contribution in [3.05, 3.63) is 69.1 Å².